The molecule has 0 aromatic heterocycles. The van der Waals surface area contributed by atoms with E-state index in [0.717, 1.165) is 23.3 Å². The average Bonchev–Trinajstić information content (AvgIpc) is 3.05. The van der Waals surface area contributed by atoms with Gasteiger partial charge < -0.3 is 9.47 Å². The number of amides is 2. The zero-order valence-corrected chi connectivity index (χ0v) is 16.0. The first-order valence-electron chi connectivity index (χ1n) is 9.14. The summed E-state index contributed by atoms with van der Waals surface area (Å²) in [7, 11) is 0. The normalized spacial score (nSPS) is 16.9. The minimum absolute atomic E-state index is 0.0990. The Hall–Kier alpha value is -2.63. The van der Waals surface area contributed by atoms with Crippen molar-refractivity contribution >= 4 is 18.0 Å². The van der Waals surface area contributed by atoms with Gasteiger partial charge in [-0.1, -0.05) is 50.3 Å². The summed E-state index contributed by atoms with van der Waals surface area (Å²) in [5.74, 6) is -1.00. The van der Waals surface area contributed by atoms with Crippen LogP contribution in [0.2, 0.25) is 0 Å². The van der Waals surface area contributed by atoms with E-state index in [1.165, 1.54) is 0 Å². The summed E-state index contributed by atoms with van der Waals surface area (Å²) in [6, 6.07) is 8.31. The van der Waals surface area contributed by atoms with Crippen LogP contribution in [0.25, 0.3) is 0 Å². The number of likely N-dealkylation sites (tertiary alicyclic amines) is 1. The Balaban J connectivity index is 1.93. The van der Waals surface area contributed by atoms with Gasteiger partial charge in [0.25, 0.3) is 0 Å². The third-order valence-electron chi connectivity index (χ3n) is 4.52. The van der Waals surface area contributed by atoms with Gasteiger partial charge in [-0.3, -0.25) is 4.79 Å². The minimum atomic E-state index is -0.926. The van der Waals surface area contributed by atoms with Gasteiger partial charge in [0, 0.05) is 6.42 Å². The molecular weight excluding hydrogens is 346 g/mol. The number of nitrogens with zero attached hydrogens (tertiary/aromatic N) is 1. The number of benzene rings is 1. The molecule has 1 aromatic rings. The first-order chi connectivity index (χ1) is 12.8. The molecule has 27 heavy (non-hydrogen) atoms. The highest BCUT2D eigenvalue weighted by molar-refractivity contribution is 5.99. The monoisotopic (exact) mass is 373 g/mol. The molecule has 2 rings (SSSR count). The van der Waals surface area contributed by atoms with E-state index < -0.39 is 24.0 Å². The highest BCUT2D eigenvalue weighted by atomic mass is 16.6. The lowest BCUT2D eigenvalue weighted by molar-refractivity contribution is -0.152. The zero-order valence-electron chi connectivity index (χ0n) is 16.0. The average molecular weight is 373 g/mol. The first kappa shape index (κ1) is 20.7. The van der Waals surface area contributed by atoms with Crippen molar-refractivity contribution < 1.29 is 23.9 Å². The first-order valence-corrected chi connectivity index (χ1v) is 9.14. The fourth-order valence-corrected chi connectivity index (χ4v) is 2.85. The molecule has 6 heteroatoms. The van der Waals surface area contributed by atoms with E-state index in [0.29, 0.717) is 0 Å². The summed E-state index contributed by atoms with van der Waals surface area (Å²) in [4.78, 5) is 37.8. The Labute approximate surface area is 160 Å². The molecule has 0 unspecified atom stereocenters. The van der Waals surface area contributed by atoms with Crippen LogP contribution in [0.15, 0.2) is 43.0 Å². The summed E-state index contributed by atoms with van der Waals surface area (Å²) in [5, 5.41) is 0. The maximum absolute atomic E-state index is 12.4. The molecule has 146 valence electrons. The Morgan fingerprint density at radius 2 is 1.96 bits per heavy atom. The standard InChI is InChI=1S/C21H27NO5/c1-4-5-13-21(2,3)15-27-20(25)22-17(11-12-18(22)23)19(24)26-14-16-9-7-6-8-10-16/h4,6-10,17H,1,5,11-15H2,2-3H3/t17-/m0/s1. The number of hydrogen-bond acceptors (Lipinski definition) is 5. The molecule has 1 aliphatic heterocycles. The molecule has 1 aromatic carbocycles. The molecule has 0 spiro atoms. The highest BCUT2D eigenvalue weighted by Crippen LogP contribution is 2.25. The summed E-state index contributed by atoms with van der Waals surface area (Å²) in [6.45, 7) is 7.90. The van der Waals surface area contributed by atoms with Gasteiger partial charge in [-0.05, 0) is 30.2 Å². The van der Waals surface area contributed by atoms with Crippen LogP contribution < -0.4 is 0 Å². The van der Waals surface area contributed by atoms with Crippen LogP contribution in [0.3, 0.4) is 0 Å². The molecule has 0 saturated carbocycles. The molecular formula is C21H27NO5. The van der Waals surface area contributed by atoms with Crippen LogP contribution in [0.4, 0.5) is 4.79 Å². The quantitative estimate of drug-likeness (QED) is 0.511. The van der Waals surface area contributed by atoms with Gasteiger partial charge in [-0.15, -0.1) is 6.58 Å². The smallest absolute Gasteiger partial charge is 0.417 e. The second-order valence-corrected chi connectivity index (χ2v) is 7.46. The molecule has 0 aliphatic carbocycles. The summed E-state index contributed by atoms with van der Waals surface area (Å²) >= 11 is 0. The zero-order chi connectivity index (χ0) is 19.9. The molecule has 0 radical (unpaired) electrons. The molecule has 1 aliphatic rings. The van der Waals surface area contributed by atoms with E-state index >= 15 is 0 Å². The Morgan fingerprint density at radius 1 is 1.26 bits per heavy atom. The number of esters is 1. The second-order valence-electron chi connectivity index (χ2n) is 7.46. The largest absolute Gasteiger partial charge is 0.459 e. The van der Waals surface area contributed by atoms with E-state index in [9.17, 15) is 14.4 Å². The van der Waals surface area contributed by atoms with Gasteiger partial charge in [0.2, 0.25) is 5.91 Å². The Morgan fingerprint density at radius 3 is 2.63 bits per heavy atom. The number of carbonyl (C=O) groups is 3. The number of ether oxygens (including phenoxy) is 2. The third-order valence-corrected chi connectivity index (χ3v) is 4.52. The second kappa shape index (κ2) is 9.35. The molecule has 6 nitrogen and oxygen atoms in total. The highest BCUT2D eigenvalue weighted by Gasteiger charge is 2.42. The molecule has 1 fully saturated rings. The predicted octanol–water partition coefficient (Wildman–Crippen LogP) is 3.85. The van der Waals surface area contributed by atoms with Crippen molar-refractivity contribution in [2.75, 3.05) is 6.61 Å². The summed E-state index contributed by atoms with van der Waals surface area (Å²) in [6.07, 6.45) is 3.02. The van der Waals surface area contributed by atoms with Crippen molar-refractivity contribution in [1.82, 2.24) is 4.90 Å². The van der Waals surface area contributed by atoms with E-state index in [-0.39, 0.29) is 31.5 Å². The van der Waals surface area contributed by atoms with Crippen LogP contribution in [-0.2, 0) is 25.7 Å². The van der Waals surface area contributed by atoms with Crippen molar-refractivity contribution in [2.24, 2.45) is 5.41 Å². The molecule has 1 atom stereocenters. The summed E-state index contributed by atoms with van der Waals surface area (Å²) < 4.78 is 10.6. The SMILES string of the molecule is C=CCCC(C)(C)COC(=O)N1C(=O)CC[C@H]1C(=O)OCc1ccccc1. The van der Waals surface area contributed by atoms with Gasteiger partial charge in [0.15, 0.2) is 0 Å². The molecule has 0 N–H and O–H groups in total. The fourth-order valence-electron chi connectivity index (χ4n) is 2.85. The van der Waals surface area contributed by atoms with Gasteiger partial charge in [-0.25, -0.2) is 14.5 Å². The van der Waals surface area contributed by atoms with Gasteiger partial charge in [0.1, 0.15) is 12.6 Å². The van der Waals surface area contributed by atoms with Gasteiger partial charge in [0.05, 0.1) is 6.61 Å². The topological polar surface area (TPSA) is 72.9 Å². The van der Waals surface area contributed by atoms with Crippen LogP contribution >= 0.6 is 0 Å². The predicted molar refractivity (Wildman–Crippen MR) is 101 cm³/mol. The van der Waals surface area contributed by atoms with E-state index in [2.05, 4.69) is 6.58 Å². The van der Waals surface area contributed by atoms with E-state index in [1.807, 2.05) is 50.3 Å². The summed E-state index contributed by atoms with van der Waals surface area (Å²) in [5.41, 5.74) is 0.601. The number of allylic oxidation sites excluding steroid dienone is 1. The lowest BCUT2D eigenvalue weighted by Gasteiger charge is -2.26. The molecule has 1 saturated heterocycles. The van der Waals surface area contributed by atoms with Crippen molar-refractivity contribution in [3.63, 3.8) is 0 Å². The number of imide groups is 1. The van der Waals surface area contributed by atoms with Crippen molar-refractivity contribution in [3.8, 4) is 0 Å². The lowest BCUT2D eigenvalue weighted by atomic mass is 9.89. The molecule has 1 heterocycles. The van der Waals surface area contributed by atoms with Gasteiger partial charge >= 0.3 is 12.1 Å². The van der Waals surface area contributed by atoms with Crippen molar-refractivity contribution in [3.05, 3.63) is 48.6 Å². The van der Waals surface area contributed by atoms with Crippen LogP contribution in [0.1, 0.15) is 45.1 Å². The Bertz CT molecular complexity index is 683. The number of carbonyl (C=O) groups excluding carboxylic acids is 3. The lowest BCUT2D eigenvalue weighted by Crippen LogP contribution is -2.44. The van der Waals surface area contributed by atoms with Gasteiger partial charge in [-0.2, -0.15) is 0 Å². The van der Waals surface area contributed by atoms with E-state index in [4.69, 9.17) is 9.47 Å². The molecule has 0 bridgehead atoms. The maximum Gasteiger partial charge on any atom is 0.417 e. The maximum atomic E-state index is 12.4. The minimum Gasteiger partial charge on any atom is -0.459 e. The van der Waals surface area contributed by atoms with Crippen LogP contribution in [-0.4, -0.2) is 35.5 Å². The molecule has 2 amide bonds. The Kier molecular flexibility index (Phi) is 7.16. The number of hydrogen-bond donors (Lipinski definition) is 0. The third kappa shape index (κ3) is 5.94. The fraction of sp³-hybridized carbons (Fsp3) is 0.476. The van der Waals surface area contributed by atoms with Crippen LogP contribution in [0, 0.1) is 5.41 Å². The number of rotatable bonds is 8. The van der Waals surface area contributed by atoms with Crippen molar-refractivity contribution in [2.45, 2.75) is 52.2 Å². The van der Waals surface area contributed by atoms with E-state index in [1.54, 1.807) is 0 Å². The van der Waals surface area contributed by atoms with Crippen LogP contribution in [0.5, 0.6) is 0 Å². The van der Waals surface area contributed by atoms with Crippen molar-refractivity contribution in [1.29, 1.82) is 0 Å².